The van der Waals surface area contributed by atoms with Crippen LogP contribution in [0.15, 0.2) is 47.4 Å². The van der Waals surface area contributed by atoms with Gasteiger partial charge in [-0.15, -0.1) is 0 Å². The van der Waals surface area contributed by atoms with Crippen molar-refractivity contribution in [2.24, 2.45) is 0 Å². The zero-order valence-corrected chi connectivity index (χ0v) is 15.0. The van der Waals surface area contributed by atoms with Crippen LogP contribution in [0.5, 0.6) is 0 Å². The predicted octanol–water partition coefficient (Wildman–Crippen LogP) is 2.50. The van der Waals surface area contributed by atoms with Crippen LogP contribution in [0.3, 0.4) is 0 Å². The van der Waals surface area contributed by atoms with E-state index >= 15 is 0 Å². The Balaban J connectivity index is 2.02. The van der Waals surface area contributed by atoms with Crippen molar-refractivity contribution in [3.63, 3.8) is 0 Å². The van der Waals surface area contributed by atoms with E-state index in [1.54, 1.807) is 19.1 Å². The molecule has 25 heavy (non-hydrogen) atoms. The maximum Gasteiger partial charge on any atom is 0.338 e. The highest BCUT2D eigenvalue weighted by atomic mass is 32.2. The zero-order chi connectivity index (χ0) is 18.6. The highest BCUT2D eigenvalue weighted by Gasteiger charge is 2.16. The minimum Gasteiger partial charge on any atom is -0.452 e. The first-order valence-corrected chi connectivity index (χ1v) is 9.40. The number of rotatable bonds is 5. The topological polar surface area (TPSA) is 89.5 Å². The lowest BCUT2D eigenvalue weighted by Crippen LogP contribution is -2.21. The van der Waals surface area contributed by atoms with Crippen LogP contribution in [0, 0.1) is 13.8 Å². The molecule has 0 aliphatic carbocycles. The first kappa shape index (κ1) is 18.7. The first-order valence-electron chi connectivity index (χ1n) is 7.51. The Labute approximate surface area is 146 Å². The van der Waals surface area contributed by atoms with E-state index in [2.05, 4.69) is 5.32 Å². The standard InChI is InChI=1S/C18H19NO5S/c1-12-4-7-14(8-5-12)19-17(20)11-24-18(21)16-10-15(25(3,22)23)9-6-13(16)2/h4-10H,11H2,1-3H3,(H,19,20). The molecule has 132 valence electrons. The third-order valence-corrected chi connectivity index (χ3v) is 4.64. The number of benzene rings is 2. The molecule has 0 unspecified atom stereocenters. The number of sulfone groups is 1. The van der Waals surface area contributed by atoms with Gasteiger partial charge in [0.1, 0.15) is 0 Å². The lowest BCUT2D eigenvalue weighted by atomic mass is 10.1. The Bertz CT molecular complexity index is 902. The van der Waals surface area contributed by atoms with Gasteiger partial charge in [0.2, 0.25) is 0 Å². The number of aryl methyl sites for hydroxylation is 2. The van der Waals surface area contributed by atoms with Crippen LogP contribution in [0.25, 0.3) is 0 Å². The van der Waals surface area contributed by atoms with Crippen molar-refractivity contribution in [1.29, 1.82) is 0 Å². The SMILES string of the molecule is Cc1ccc(NC(=O)COC(=O)c2cc(S(C)(=O)=O)ccc2C)cc1. The van der Waals surface area contributed by atoms with E-state index < -0.39 is 28.3 Å². The lowest BCUT2D eigenvalue weighted by Gasteiger charge is -2.09. The summed E-state index contributed by atoms with van der Waals surface area (Å²) in [7, 11) is -3.44. The molecule has 0 atom stereocenters. The number of carbonyl (C=O) groups is 2. The molecule has 0 heterocycles. The van der Waals surface area contributed by atoms with E-state index in [1.165, 1.54) is 18.2 Å². The lowest BCUT2D eigenvalue weighted by molar-refractivity contribution is -0.119. The second-order valence-electron chi connectivity index (χ2n) is 5.74. The molecule has 0 saturated carbocycles. The van der Waals surface area contributed by atoms with Gasteiger partial charge in [0.15, 0.2) is 16.4 Å². The molecule has 1 amide bonds. The monoisotopic (exact) mass is 361 g/mol. The molecule has 0 fully saturated rings. The van der Waals surface area contributed by atoms with Gasteiger partial charge in [-0.05, 0) is 43.7 Å². The molecule has 6 nitrogen and oxygen atoms in total. The van der Waals surface area contributed by atoms with Gasteiger partial charge in [0.05, 0.1) is 10.5 Å². The maximum atomic E-state index is 12.1. The Morgan fingerprint density at radius 1 is 1.04 bits per heavy atom. The minimum absolute atomic E-state index is 0.0224. The fourth-order valence-corrected chi connectivity index (χ4v) is 2.74. The summed E-state index contributed by atoms with van der Waals surface area (Å²) in [4.78, 5) is 24.0. The van der Waals surface area contributed by atoms with E-state index in [1.807, 2.05) is 19.1 Å². The van der Waals surface area contributed by atoms with Gasteiger partial charge in [0, 0.05) is 11.9 Å². The Morgan fingerprint density at radius 2 is 1.68 bits per heavy atom. The third kappa shape index (κ3) is 5.15. The number of amides is 1. The minimum atomic E-state index is -3.44. The second kappa shape index (κ2) is 7.48. The third-order valence-electron chi connectivity index (χ3n) is 3.53. The molecule has 0 aromatic heterocycles. The Kier molecular flexibility index (Phi) is 5.58. The van der Waals surface area contributed by atoms with Crippen molar-refractivity contribution in [3.05, 3.63) is 59.2 Å². The summed E-state index contributed by atoms with van der Waals surface area (Å²) >= 11 is 0. The van der Waals surface area contributed by atoms with E-state index in [4.69, 9.17) is 4.74 Å². The average molecular weight is 361 g/mol. The molecule has 2 aromatic carbocycles. The average Bonchev–Trinajstić information content (AvgIpc) is 2.54. The summed E-state index contributed by atoms with van der Waals surface area (Å²) in [6.07, 6.45) is 1.06. The van der Waals surface area contributed by atoms with Gasteiger partial charge in [-0.1, -0.05) is 23.8 Å². The largest absolute Gasteiger partial charge is 0.452 e. The van der Waals surface area contributed by atoms with E-state index in [9.17, 15) is 18.0 Å². The summed E-state index contributed by atoms with van der Waals surface area (Å²) in [5.41, 5.74) is 2.34. The molecule has 0 saturated heterocycles. The van der Waals surface area contributed by atoms with Crippen LogP contribution in [0.4, 0.5) is 5.69 Å². The second-order valence-corrected chi connectivity index (χ2v) is 7.75. The fraction of sp³-hybridized carbons (Fsp3) is 0.222. The zero-order valence-electron chi connectivity index (χ0n) is 14.2. The summed E-state index contributed by atoms with van der Waals surface area (Å²) in [6.45, 7) is 3.13. The number of anilines is 1. The van der Waals surface area contributed by atoms with Gasteiger partial charge >= 0.3 is 5.97 Å². The maximum absolute atomic E-state index is 12.1. The fourth-order valence-electron chi connectivity index (χ4n) is 2.09. The van der Waals surface area contributed by atoms with Crippen molar-refractivity contribution >= 4 is 27.4 Å². The quantitative estimate of drug-likeness (QED) is 0.827. The summed E-state index contributed by atoms with van der Waals surface area (Å²) in [5.74, 6) is -1.23. The normalized spacial score (nSPS) is 11.0. The molecule has 1 N–H and O–H groups in total. The highest BCUT2D eigenvalue weighted by Crippen LogP contribution is 2.16. The van der Waals surface area contributed by atoms with Crippen molar-refractivity contribution < 1.29 is 22.7 Å². The van der Waals surface area contributed by atoms with Gasteiger partial charge in [-0.3, -0.25) is 4.79 Å². The number of nitrogens with one attached hydrogen (secondary N) is 1. The molecule has 7 heteroatoms. The number of carbonyl (C=O) groups excluding carboxylic acids is 2. The Morgan fingerprint density at radius 3 is 2.28 bits per heavy atom. The number of esters is 1. The van der Waals surface area contributed by atoms with Crippen LogP contribution in [-0.2, 0) is 19.4 Å². The molecule has 0 aliphatic heterocycles. The van der Waals surface area contributed by atoms with Crippen LogP contribution in [-0.4, -0.2) is 33.2 Å². The molecule has 2 aromatic rings. The van der Waals surface area contributed by atoms with Gasteiger partial charge in [-0.25, -0.2) is 13.2 Å². The van der Waals surface area contributed by atoms with Gasteiger partial charge in [-0.2, -0.15) is 0 Å². The van der Waals surface area contributed by atoms with Crippen LogP contribution >= 0.6 is 0 Å². The number of hydrogen-bond acceptors (Lipinski definition) is 5. The smallest absolute Gasteiger partial charge is 0.338 e. The van der Waals surface area contributed by atoms with E-state index in [0.717, 1.165) is 11.8 Å². The highest BCUT2D eigenvalue weighted by molar-refractivity contribution is 7.90. The van der Waals surface area contributed by atoms with Crippen LogP contribution in [0.1, 0.15) is 21.5 Å². The van der Waals surface area contributed by atoms with Crippen molar-refractivity contribution in [3.8, 4) is 0 Å². The summed E-state index contributed by atoms with van der Waals surface area (Å²) < 4.78 is 28.2. The summed E-state index contributed by atoms with van der Waals surface area (Å²) in [5, 5.41) is 2.61. The van der Waals surface area contributed by atoms with E-state index in [-0.39, 0.29) is 10.5 Å². The molecule has 0 bridgehead atoms. The summed E-state index contributed by atoms with van der Waals surface area (Å²) in [6, 6.07) is 11.4. The molecular weight excluding hydrogens is 342 g/mol. The van der Waals surface area contributed by atoms with Crippen LogP contribution in [0.2, 0.25) is 0 Å². The predicted molar refractivity (Wildman–Crippen MR) is 94.4 cm³/mol. The molecule has 0 spiro atoms. The molecule has 0 aliphatic rings. The van der Waals surface area contributed by atoms with Crippen molar-refractivity contribution in [2.75, 3.05) is 18.2 Å². The Hall–Kier alpha value is -2.67. The van der Waals surface area contributed by atoms with Crippen molar-refractivity contribution in [2.45, 2.75) is 18.7 Å². The van der Waals surface area contributed by atoms with Gasteiger partial charge < -0.3 is 10.1 Å². The van der Waals surface area contributed by atoms with Crippen molar-refractivity contribution in [1.82, 2.24) is 0 Å². The van der Waals surface area contributed by atoms with E-state index in [0.29, 0.717) is 11.3 Å². The van der Waals surface area contributed by atoms with Gasteiger partial charge in [0.25, 0.3) is 5.91 Å². The number of ether oxygens (including phenoxy) is 1. The first-order chi connectivity index (χ1) is 11.7. The van der Waals surface area contributed by atoms with Crippen LogP contribution < -0.4 is 5.32 Å². The molecule has 0 radical (unpaired) electrons. The molecule has 2 rings (SSSR count). The number of hydrogen-bond donors (Lipinski definition) is 1. The molecular formula is C18H19NO5S.